The maximum Gasteiger partial charge on any atom is 0.0752 e. The molecule has 5 rings (SSSR count). The monoisotopic (exact) mass is 401 g/mol. The van der Waals surface area contributed by atoms with Gasteiger partial charge in [0, 0.05) is 11.1 Å². The summed E-state index contributed by atoms with van der Waals surface area (Å²) in [5, 5.41) is 1.23. The van der Waals surface area contributed by atoms with Crippen LogP contribution < -0.4 is 0 Å². The molecule has 0 bridgehead atoms. The summed E-state index contributed by atoms with van der Waals surface area (Å²) < 4.78 is 0. The summed E-state index contributed by atoms with van der Waals surface area (Å²) >= 11 is 0. The lowest BCUT2D eigenvalue weighted by Gasteiger charge is -2.23. The van der Waals surface area contributed by atoms with E-state index in [-0.39, 0.29) is 0 Å². The molecular weight excluding hydrogens is 374 g/mol. The van der Waals surface area contributed by atoms with Crippen LogP contribution in [0.15, 0.2) is 96.6 Å². The van der Waals surface area contributed by atoms with E-state index >= 15 is 0 Å². The Kier molecular flexibility index (Phi) is 5.03. The molecule has 0 radical (unpaired) electrons. The standard InChI is InChI=1S/C30H27N/c1-20-14-15-21(2)29-25(27(18-20)23-10-6-4-7-11-23)16-17-26-28(19-22(3)31-30(26)29)24-12-8-5-9-13-24/h4-14,16-19,21H,15H2,1-3H3. The van der Waals surface area contributed by atoms with E-state index in [0.29, 0.717) is 5.92 Å². The molecule has 3 aromatic carbocycles. The SMILES string of the molecule is CC1=CCC(C)c2c(ccc3c(-c4ccccc4)cc(C)nc23)C(c2ccccc2)=C1. The number of pyridine rings is 1. The summed E-state index contributed by atoms with van der Waals surface area (Å²) in [5.74, 6) is 0.388. The Morgan fingerprint density at radius 1 is 0.774 bits per heavy atom. The third kappa shape index (κ3) is 3.61. The topological polar surface area (TPSA) is 12.9 Å². The lowest BCUT2D eigenvalue weighted by molar-refractivity contribution is 0.778. The van der Waals surface area contributed by atoms with Gasteiger partial charge in [0.1, 0.15) is 0 Å². The molecule has 152 valence electrons. The van der Waals surface area contributed by atoms with Crippen LogP contribution in [-0.2, 0) is 0 Å². The molecule has 1 unspecified atom stereocenters. The molecule has 1 aromatic heterocycles. The fraction of sp³-hybridized carbons (Fsp3) is 0.167. The highest BCUT2D eigenvalue weighted by molar-refractivity contribution is 6.00. The van der Waals surface area contributed by atoms with Crippen LogP contribution in [-0.4, -0.2) is 4.98 Å². The van der Waals surface area contributed by atoms with E-state index in [1.54, 1.807) is 0 Å². The first kappa shape index (κ1) is 19.5. The number of fused-ring (bicyclic) bond motifs is 3. The number of aryl methyl sites for hydroxylation is 1. The van der Waals surface area contributed by atoms with E-state index in [0.717, 1.165) is 17.6 Å². The van der Waals surface area contributed by atoms with Gasteiger partial charge in [-0.15, -0.1) is 0 Å². The lowest BCUT2D eigenvalue weighted by Crippen LogP contribution is -2.05. The molecular formula is C30H27N. The normalized spacial score (nSPS) is 16.2. The van der Waals surface area contributed by atoms with Gasteiger partial charge in [-0.3, -0.25) is 4.98 Å². The minimum Gasteiger partial charge on any atom is -0.253 e. The minimum absolute atomic E-state index is 0.388. The van der Waals surface area contributed by atoms with E-state index < -0.39 is 0 Å². The van der Waals surface area contributed by atoms with Crippen molar-refractivity contribution in [3.8, 4) is 11.1 Å². The van der Waals surface area contributed by atoms with E-state index in [1.807, 2.05) is 0 Å². The third-order valence-corrected chi connectivity index (χ3v) is 6.27. The average Bonchev–Trinajstić information content (AvgIpc) is 2.80. The zero-order valence-corrected chi connectivity index (χ0v) is 18.4. The number of allylic oxidation sites excluding steroid dienone is 3. The van der Waals surface area contributed by atoms with Crippen molar-refractivity contribution in [2.24, 2.45) is 0 Å². The fourth-order valence-electron chi connectivity index (χ4n) is 4.73. The van der Waals surface area contributed by atoms with Crippen molar-refractivity contribution < 1.29 is 0 Å². The van der Waals surface area contributed by atoms with E-state index in [9.17, 15) is 0 Å². The molecule has 1 nitrogen and oxygen atoms in total. The Morgan fingerprint density at radius 3 is 2.16 bits per heavy atom. The van der Waals surface area contributed by atoms with Crippen molar-refractivity contribution in [2.75, 3.05) is 0 Å². The molecule has 0 fully saturated rings. The molecule has 31 heavy (non-hydrogen) atoms. The lowest BCUT2D eigenvalue weighted by atomic mass is 9.82. The van der Waals surface area contributed by atoms with Gasteiger partial charge >= 0.3 is 0 Å². The van der Waals surface area contributed by atoms with Crippen LogP contribution in [0.25, 0.3) is 27.6 Å². The Balaban J connectivity index is 1.84. The first-order valence-electron chi connectivity index (χ1n) is 11.1. The summed E-state index contributed by atoms with van der Waals surface area (Å²) in [6.07, 6.45) is 5.72. The first-order valence-corrected chi connectivity index (χ1v) is 11.1. The Hall–Kier alpha value is -3.45. The molecule has 0 saturated heterocycles. The maximum absolute atomic E-state index is 5.10. The van der Waals surface area contributed by atoms with Crippen molar-refractivity contribution in [3.63, 3.8) is 0 Å². The smallest absolute Gasteiger partial charge is 0.0752 e. The van der Waals surface area contributed by atoms with Gasteiger partial charge in [-0.05, 0) is 65.6 Å². The summed E-state index contributed by atoms with van der Waals surface area (Å²) in [7, 11) is 0. The highest BCUT2D eigenvalue weighted by Crippen LogP contribution is 2.41. The molecule has 1 heteroatoms. The van der Waals surface area contributed by atoms with Crippen LogP contribution in [0, 0.1) is 6.92 Å². The van der Waals surface area contributed by atoms with Crippen LogP contribution in [0.1, 0.15) is 48.6 Å². The summed E-state index contributed by atoms with van der Waals surface area (Å²) in [6.45, 7) is 6.65. The van der Waals surface area contributed by atoms with Gasteiger partial charge in [-0.1, -0.05) is 97.4 Å². The van der Waals surface area contributed by atoms with Crippen molar-refractivity contribution in [2.45, 2.75) is 33.1 Å². The van der Waals surface area contributed by atoms with Crippen molar-refractivity contribution in [1.82, 2.24) is 4.98 Å². The number of hydrogen-bond donors (Lipinski definition) is 0. The van der Waals surface area contributed by atoms with Crippen molar-refractivity contribution >= 4 is 16.5 Å². The number of hydrogen-bond acceptors (Lipinski definition) is 1. The quantitative estimate of drug-likeness (QED) is 0.331. The van der Waals surface area contributed by atoms with Gasteiger partial charge in [0.05, 0.1) is 5.52 Å². The maximum atomic E-state index is 5.10. The molecule has 1 aliphatic carbocycles. The molecule has 0 saturated carbocycles. The molecule has 1 heterocycles. The minimum atomic E-state index is 0.388. The van der Waals surface area contributed by atoms with Crippen LogP contribution in [0.2, 0.25) is 0 Å². The number of benzene rings is 3. The van der Waals surface area contributed by atoms with Crippen LogP contribution in [0.5, 0.6) is 0 Å². The fourth-order valence-corrected chi connectivity index (χ4v) is 4.73. The van der Waals surface area contributed by atoms with Gasteiger partial charge in [0.15, 0.2) is 0 Å². The molecule has 0 spiro atoms. The molecule has 0 amide bonds. The number of aromatic nitrogens is 1. The largest absolute Gasteiger partial charge is 0.253 e. The van der Waals surface area contributed by atoms with Gasteiger partial charge < -0.3 is 0 Å². The molecule has 0 N–H and O–H groups in total. The molecule has 1 atom stereocenters. The third-order valence-electron chi connectivity index (χ3n) is 6.27. The van der Waals surface area contributed by atoms with Crippen LogP contribution >= 0.6 is 0 Å². The average molecular weight is 402 g/mol. The second-order valence-electron chi connectivity index (χ2n) is 8.61. The van der Waals surface area contributed by atoms with Gasteiger partial charge in [0.2, 0.25) is 0 Å². The van der Waals surface area contributed by atoms with Crippen molar-refractivity contribution in [1.29, 1.82) is 0 Å². The second kappa shape index (κ2) is 8.00. The summed E-state index contributed by atoms with van der Waals surface area (Å²) in [5.41, 5.74) is 11.2. The van der Waals surface area contributed by atoms with Gasteiger partial charge in [-0.2, -0.15) is 0 Å². The second-order valence-corrected chi connectivity index (χ2v) is 8.61. The molecule has 1 aliphatic rings. The van der Waals surface area contributed by atoms with Crippen LogP contribution in [0.4, 0.5) is 0 Å². The Bertz CT molecular complexity index is 1310. The predicted octanol–water partition coefficient (Wildman–Crippen LogP) is 8.10. The zero-order valence-electron chi connectivity index (χ0n) is 18.4. The highest BCUT2D eigenvalue weighted by atomic mass is 14.7. The van der Waals surface area contributed by atoms with Crippen molar-refractivity contribution in [3.05, 3.63) is 119 Å². The number of nitrogens with zero attached hydrogens (tertiary/aromatic N) is 1. The highest BCUT2D eigenvalue weighted by Gasteiger charge is 2.22. The predicted molar refractivity (Wildman–Crippen MR) is 132 cm³/mol. The van der Waals surface area contributed by atoms with E-state index in [4.69, 9.17) is 4.98 Å². The first-order chi connectivity index (χ1) is 15.1. The van der Waals surface area contributed by atoms with Gasteiger partial charge in [-0.25, -0.2) is 0 Å². The summed E-state index contributed by atoms with van der Waals surface area (Å²) in [4.78, 5) is 5.10. The summed E-state index contributed by atoms with van der Waals surface area (Å²) in [6, 6.07) is 28.2. The number of rotatable bonds is 2. The van der Waals surface area contributed by atoms with Gasteiger partial charge in [0.25, 0.3) is 0 Å². The molecule has 4 aromatic rings. The van der Waals surface area contributed by atoms with E-state index in [2.05, 4.69) is 112 Å². The Labute approximate surface area is 184 Å². The molecule has 0 aliphatic heterocycles. The Morgan fingerprint density at radius 2 is 1.45 bits per heavy atom. The van der Waals surface area contributed by atoms with Crippen LogP contribution in [0.3, 0.4) is 0 Å². The van der Waals surface area contributed by atoms with E-state index in [1.165, 1.54) is 44.3 Å². The zero-order chi connectivity index (χ0) is 21.4.